The number of rotatable bonds is 6. The largest absolute Gasteiger partial charge is 0.325 e. The molecule has 0 radical (unpaired) electrons. The van der Waals surface area contributed by atoms with E-state index in [-0.39, 0.29) is 5.91 Å². The molecule has 2 N–H and O–H groups in total. The van der Waals surface area contributed by atoms with Crippen molar-refractivity contribution >= 4 is 23.4 Å². The molecule has 0 aliphatic rings. The molecule has 2 aromatic rings. The third-order valence-corrected chi connectivity index (χ3v) is 3.99. The first-order chi connectivity index (χ1) is 10.2. The molecule has 0 aliphatic heterocycles. The van der Waals surface area contributed by atoms with Crippen LogP contribution in [0.3, 0.4) is 0 Å². The predicted molar refractivity (Wildman–Crippen MR) is 89.7 cm³/mol. The molecule has 110 valence electrons. The lowest BCUT2D eigenvalue weighted by atomic mass is 10.2. The van der Waals surface area contributed by atoms with Crippen molar-refractivity contribution in [3.8, 4) is 0 Å². The molecule has 0 saturated carbocycles. The molecule has 0 fully saturated rings. The van der Waals surface area contributed by atoms with Crippen molar-refractivity contribution in [2.24, 2.45) is 0 Å². The van der Waals surface area contributed by atoms with Gasteiger partial charge in [-0.05, 0) is 49.4 Å². The summed E-state index contributed by atoms with van der Waals surface area (Å²) in [6.07, 6.45) is 0. The van der Waals surface area contributed by atoms with E-state index in [0.29, 0.717) is 5.75 Å². The average molecular weight is 300 g/mol. The highest BCUT2D eigenvalue weighted by atomic mass is 32.2. The van der Waals surface area contributed by atoms with Crippen molar-refractivity contribution < 1.29 is 4.79 Å². The molecule has 3 nitrogen and oxygen atoms in total. The lowest BCUT2D eigenvalue weighted by molar-refractivity contribution is -0.113. The molecule has 2 rings (SSSR count). The van der Waals surface area contributed by atoms with Crippen molar-refractivity contribution in [1.29, 1.82) is 0 Å². The maximum atomic E-state index is 11.9. The molecule has 21 heavy (non-hydrogen) atoms. The minimum Gasteiger partial charge on any atom is -0.325 e. The minimum absolute atomic E-state index is 0.0184. The van der Waals surface area contributed by atoms with Crippen LogP contribution >= 0.6 is 11.8 Å². The zero-order chi connectivity index (χ0) is 15.1. The van der Waals surface area contributed by atoms with Crippen LogP contribution in [0.5, 0.6) is 0 Å². The van der Waals surface area contributed by atoms with Gasteiger partial charge in [0.1, 0.15) is 0 Å². The second-order valence-electron chi connectivity index (χ2n) is 4.88. The summed E-state index contributed by atoms with van der Waals surface area (Å²) in [5.74, 6) is 0.434. The molecule has 0 aromatic heterocycles. The van der Waals surface area contributed by atoms with Crippen molar-refractivity contribution in [3.63, 3.8) is 0 Å². The van der Waals surface area contributed by atoms with Crippen LogP contribution in [0, 0.1) is 6.92 Å². The van der Waals surface area contributed by atoms with Crippen LogP contribution in [0.15, 0.2) is 53.4 Å². The van der Waals surface area contributed by atoms with Gasteiger partial charge < -0.3 is 10.6 Å². The molecule has 0 bridgehead atoms. The van der Waals surface area contributed by atoms with Crippen LogP contribution < -0.4 is 10.6 Å². The van der Waals surface area contributed by atoms with Gasteiger partial charge in [0.15, 0.2) is 0 Å². The number of benzene rings is 2. The third kappa shape index (κ3) is 5.25. The summed E-state index contributed by atoms with van der Waals surface area (Å²) in [6, 6.07) is 16.1. The first-order valence-corrected chi connectivity index (χ1v) is 7.89. The monoisotopic (exact) mass is 300 g/mol. The summed E-state index contributed by atoms with van der Waals surface area (Å²) in [5.41, 5.74) is 3.23. The molecule has 0 aliphatic carbocycles. The molecule has 0 saturated heterocycles. The zero-order valence-corrected chi connectivity index (χ0v) is 13.2. The van der Waals surface area contributed by atoms with Gasteiger partial charge in [-0.25, -0.2) is 0 Å². The molecule has 4 heteroatoms. The second kappa shape index (κ2) is 7.86. The average Bonchev–Trinajstić information content (AvgIpc) is 2.47. The van der Waals surface area contributed by atoms with Gasteiger partial charge >= 0.3 is 0 Å². The fraction of sp³-hybridized carbons (Fsp3) is 0.235. The van der Waals surface area contributed by atoms with Crippen LogP contribution in [0.2, 0.25) is 0 Å². The maximum Gasteiger partial charge on any atom is 0.234 e. The van der Waals surface area contributed by atoms with Crippen molar-refractivity contribution in [3.05, 3.63) is 59.7 Å². The Hall–Kier alpha value is -1.78. The van der Waals surface area contributed by atoms with E-state index < -0.39 is 0 Å². The number of thioether (sulfide) groups is 1. The number of carbonyl (C=O) groups is 1. The predicted octanol–water partition coefficient (Wildman–Crippen LogP) is 3.45. The number of aryl methyl sites for hydroxylation is 1. The van der Waals surface area contributed by atoms with Gasteiger partial charge in [0, 0.05) is 17.1 Å². The molecular weight excluding hydrogens is 280 g/mol. The number of hydrogen-bond acceptors (Lipinski definition) is 3. The molecule has 1 amide bonds. The molecule has 0 heterocycles. The summed E-state index contributed by atoms with van der Waals surface area (Å²) >= 11 is 1.55. The number of carbonyl (C=O) groups excluding carboxylic acids is 1. The normalized spacial score (nSPS) is 10.4. The van der Waals surface area contributed by atoms with E-state index in [2.05, 4.69) is 34.9 Å². The fourth-order valence-corrected chi connectivity index (χ4v) is 2.67. The zero-order valence-electron chi connectivity index (χ0n) is 12.3. The molecule has 0 spiro atoms. The van der Waals surface area contributed by atoms with Gasteiger partial charge in [0.25, 0.3) is 0 Å². The lowest BCUT2D eigenvalue weighted by Gasteiger charge is -2.06. The number of anilines is 1. The first-order valence-electron chi connectivity index (χ1n) is 6.90. The Morgan fingerprint density at radius 3 is 2.57 bits per heavy atom. The van der Waals surface area contributed by atoms with E-state index in [0.717, 1.165) is 22.7 Å². The minimum atomic E-state index is 0.0184. The topological polar surface area (TPSA) is 41.1 Å². The van der Waals surface area contributed by atoms with Crippen LogP contribution in [-0.4, -0.2) is 18.7 Å². The SMILES string of the molecule is CNCc1ccc(SCC(=O)Nc2cccc(C)c2)cc1. The van der Waals surface area contributed by atoms with Crippen LogP contribution in [0.1, 0.15) is 11.1 Å². The van der Waals surface area contributed by atoms with E-state index in [1.807, 2.05) is 38.2 Å². The Kier molecular flexibility index (Phi) is 5.84. The molecule has 0 atom stereocenters. The smallest absolute Gasteiger partial charge is 0.234 e. The van der Waals surface area contributed by atoms with Gasteiger partial charge in [-0.3, -0.25) is 4.79 Å². The van der Waals surface area contributed by atoms with Gasteiger partial charge in [0.2, 0.25) is 5.91 Å². The lowest BCUT2D eigenvalue weighted by Crippen LogP contribution is -2.13. The Morgan fingerprint density at radius 1 is 1.14 bits per heavy atom. The Bertz CT molecular complexity index is 596. The molecular formula is C17H20N2OS. The van der Waals surface area contributed by atoms with E-state index in [1.165, 1.54) is 5.56 Å². The van der Waals surface area contributed by atoms with Crippen molar-refractivity contribution in [2.75, 3.05) is 18.1 Å². The van der Waals surface area contributed by atoms with Gasteiger partial charge in [-0.1, -0.05) is 24.3 Å². The summed E-state index contributed by atoms with van der Waals surface area (Å²) in [6.45, 7) is 2.87. The Balaban J connectivity index is 1.83. The molecule has 2 aromatic carbocycles. The fourth-order valence-electron chi connectivity index (χ4n) is 1.98. The van der Waals surface area contributed by atoms with Crippen LogP contribution in [-0.2, 0) is 11.3 Å². The van der Waals surface area contributed by atoms with E-state index in [1.54, 1.807) is 11.8 Å². The standard InChI is InChI=1S/C17H20N2OS/c1-13-4-3-5-15(10-13)19-17(20)12-21-16-8-6-14(7-9-16)11-18-2/h3-10,18H,11-12H2,1-2H3,(H,19,20). The highest BCUT2D eigenvalue weighted by Crippen LogP contribution is 2.19. The van der Waals surface area contributed by atoms with Crippen molar-refractivity contribution in [1.82, 2.24) is 5.32 Å². The van der Waals surface area contributed by atoms with Gasteiger partial charge in [0.05, 0.1) is 5.75 Å². The first kappa shape index (κ1) is 15.6. The molecule has 0 unspecified atom stereocenters. The van der Waals surface area contributed by atoms with E-state index >= 15 is 0 Å². The highest BCUT2D eigenvalue weighted by Gasteiger charge is 2.04. The summed E-state index contributed by atoms with van der Waals surface area (Å²) in [4.78, 5) is 13.0. The third-order valence-electron chi connectivity index (χ3n) is 2.98. The Labute approximate surface area is 130 Å². The van der Waals surface area contributed by atoms with E-state index in [9.17, 15) is 4.79 Å². The quantitative estimate of drug-likeness (QED) is 0.803. The van der Waals surface area contributed by atoms with Gasteiger partial charge in [-0.2, -0.15) is 0 Å². The van der Waals surface area contributed by atoms with Crippen LogP contribution in [0.4, 0.5) is 5.69 Å². The van der Waals surface area contributed by atoms with E-state index in [4.69, 9.17) is 0 Å². The van der Waals surface area contributed by atoms with Crippen LogP contribution in [0.25, 0.3) is 0 Å². The van der Waals surface area contributed by atoms with Gasteiger partial charge in [-0.15, -0.1) is 11.8 Å². The second-order valence-corrected chi connectivity index (χ2v) is 5.93. The highest BCUT2D eigenvalue weighted by molar-refractivity contribution is 8.00. The maximum absolute atomic E-state index is 11.9. The summed E-state index contributed by atoms with van der Waals surface area (Å²) < 4.78 is 0. The number of nitrogens with one attached hydrogen (secondary N) is 2. The Morgan fingerprint density at radius 2 is 1.90 bits per heavy atom. The summed E-state index contributed by atoms with van der Waals surface area (Å²) in [7, 11) is 1.93. The van der Waals surface area contributed by atoms with Crippen molar-refractivity contribution in [2.45, 2.75) is 18.4 Å². The number of amides is 1. The summed E-state index contributed by atoms with van der Waals surface area (Å²) in [5, 5.41) is 6.03. The number of hydrogen-bond donors (Lipinski definition) is 2.